The Morgan fingerprint density at radius 1 is 0.889 bits per heavy atom. The van der Waals surface area contributed by atoms with Gasteiger partial charge in [0.25, 0.3) is 5.91 Å². The van der Waals surface area contributed by atoms with Crippen LogP contribution in [0.1, 0.15) is 28.5 Å². The highest BCUT2D eigenvalue weighted by Crippen LogP contribution is 2.20. The van der Waals surface area contributed by atoms with Gasteiger partial charge in [0.2, 0.25) is 5.91 Å². The standard InChI is InChI=1S/C29H27FN4O2/c1-18(13-21-17-31-25-10-6-5-9-23(21)25)32-28(35)26(14-19-7-3-2-4-8-19)34-29(36)27-16-20-15-22(30)11-12-24(20)33-27/h2-12,15-18,26,31,33H,13-14H2,1H3,(H,32,35)(H,34,36). The van der Waals surface area contributed by atoms with Crippen molar-refractivity contribution in [1.29, 1.82) is 0 Å². The molecule has 6 nitrogen and oxygen atoms in total. The van der Waals surface area contributed by atoms with Crippen LogP contribution in [0.4, 0.5) is 4.39 Å². The Hall–Kier alpha value is -4.39. The second kappa shape index (κ2) is 10.1. The van der Waals surface area contributed by atoms with Crippen LogP contribution in [0.3, 0.4) is 0 Å². The zero-order valence-electron chi connectivity index (χ0n) is 19.8. The van der Waals surface area contributed by atoms with Gasteiger partial charge >= 0.3 is 0 Å². The topological polar surface area (TPSA) is 89.8 Å². The number of amides is 2. The highest BCUT2D eigenvalue weighted by atomic mass is 19.1. The molecule has 5 rings (SSSR count). The van der Waals surface area contributed by atoms with Crippen LogP contribution in [-0.4, -0.2) is 33.9 Å². The van der Waals surface area contributed by atoms with Gasteiger partial charge in [0.05, 0.1) is 0 Å². The molecule has 0 saturated heterocycles. The third-order valence-electron chi connectivity index (χ3n) is 6.32. The predicted molar refractivity (Wildman–Crippen MR) is 139 cm³/mol. The van der Waals surface area contributed by atoms with Crippen LogP contribution in [-0.2, 0) is 17.6 Å². The van der Waals surface area contributed by atoms with Crippen molar-refractivity contribution in [3.8, 4) is 0 Å². The molecule has 7 heteroatoms. The third kappa shape index (κ3) is 5.15. The van der Waals surface area contributed by atoms with E-state index in [2.05, 4.69) is 26.7 Å². The zero-order valence-corrected chi connectivity index (χ0v) is 19.8. The predicted octanol–water partition coefficient (Wildman–Crippen LogP) is 4.88. The molecule has 0 fully saturated rings. The first kappa shape index (κ1) is 23.4. The summed E-state index contributed by atoms with van der Waals surface area (Å²) in [6.07, 6.45) is 2.96. The monoisotopic (exact) mass is 482 g/mol. The van der Waals surface area contributed by atoms with E-state index < -0.39 is 11.9 Å². The summed E-state index contributed by atoms with van der Waals surface area (Å²) < 4.78 is 13.6. The van der Waals surface area contributed by atoms with Crippen molar-refractivity contribution in [1.82, 2.24) is 20.6 Å². The van der Waals surface area contributed by atoms with Crippen molar-refractivity contribution in [3.63, 3.8) is 0 Å². The van der Waals surface area contributed by atoms with E-state index in [-0.39, 0.29) is 23.5 Å². The summed E-state index contributed by atoms with van der Waals surface area (Å²) in [6, 6.07) is 22.5. The lowest BCUT2D eigenvalue weighted by molar-refractivity contribution is -0.123. The van der Waals surface area contributed by atoms with E-state index in [1.807, 2.05) is 61.7 Å². The van der Waals surface area contributed by atoms with E-state index in [1.54, 1.807) is 12.1 Å². The third-order valence-corrected chi connectivity index (χ3v) is 6.32. The van der Waals surface area contributed by atoms with E-state index in [4.69, 9.17) is 0 Å². The number of aromatic amines is 2. The van der Waals surface area contributed by atoms with E-state index in [0.717, 1.165) is 22.0 Å². The summed E-state index contributed by atoms with van der Waals surface area (Å²) in [5.74, 6) is -1.06. The molecule has 0 saturated carbocycles. The van der Waals surface area contributed by atoms with E-state index in [0.29, 0.717) is 23.7 Å². The lowest BCUT2D eigenvalue weighted by atomic mass is 10.0. The number of aromatic nitrogens is 2. The van der Waals surface area contributed by atoms with E-state index >= 15 is 0 Å². The highest BCUT2D eigenvalue weighted by Gasteiger charge is 2.24. The minimum absolute atomic E-state index is 0.150. The normalized spacial score (nSPS) is 12.9. The maximum absolute atomic E-state index is 13.6. The lowest BCUT2D eigenvalue weighted by Crippen LogP contribution is -2.50. The number of hydrogen-bond donors (Lipinski definition) is 4. The van der Waals surface area contributed by atoms with Crippen molar-refractivity contribution in [3.05, 3.63) is 108 Å². The summed E-state index contributed by atoms with van der Waals surface area (Å²) >= 11 is 0. The summed E-state index contributed by atoms with van der Waals surface area (Å²) in [5, 5.41) is 7.66. The molecule has 2 amide bonds. The van der Waals surface area contributed by atoms with Gasteiger partial charge < -0.3 is 20.6 Å². The fraction of sp³-hybridized carbons (Fsp3) is 0.172. The van der Waals surface area contributed by atoms with Crippen LogP contribution in [0.15, 0.2) is 85.1 Å². The summed E-state index contributed by atoms with van der Waals surface area (Å²) in [7, 11) is 0. The van der Waals surface area contributed by atoms with Crippen LogP contribution in [0, 0.1) is 5.82 Å². The average molecular weight is 483 g/mol. The quantitative estimate of drug-likeness (QED) is 0.254. The Labute approximate surface area is 207 Å². The van der Waals surface area contributed by atoms with Gasteiger partial charge in [-0.3, -0.25) is 9.59 Å². The second-order valence-corrected chi connectivity index (χ2v) is 9.10. The van der Waals surface area contributed by atoms with Gasteiger partial charge in [-0.05, 0) is 54.8 Å². The van der Waals surface area contributed by atoms with Gasteiger partial charge in [-0.2, -0.15) is 0 Å². The highest BCUT2D eigenvalue weighted by molar-refractivity contribution is 6.00. The van der Waals surface area contributed by atoms with Crippen molar-refractivity contribution >= 4 is 33.6 Å². The Morgan fingerprint density at radius 2 is 1.67 bits per heavy atom. The molecule has 0 spiro atoms. The molecule has 4 N–H and O–H groups in total. The van der Waals surface area contributed by atoms with Crippen LogP contribution in [0.2, 0.25) is 0 Å². The summed E-state index contributed by atoms with van der Waals surface area (Å²) in [5.41, 5.74) is 4.03. The van der Waals surface area contributed by atoms with Crippen LogP contribution >= 0.6 is 0 Å². The maximum atomic E-state index is 13.6. The molecule has 2 heterocycles. The number of carbonyl (C=O) groups excluding carboxylic acids is 2. The molecule has 0 aliphatic carbocycles. The van der Waals surface area contributed by atoms with E-state index in [9.17, 15) is 14.0 Å². The fourth-order valence-corrected chi connectivity index (χ4v) is 4.55. The first-order chi connectivity index (χ1) is 17.5. The number of benzene rings is 3. The SMILES string of the molecule is CC(Cc1c[nH]c2ccccc12)NC(=O)C(Cc1ccccc1)NC(=O)c1cc2cc(F)ccc2[nH]1. The smallest absolute Gasteiger partial charge is 0.268 e. The molecule has 0 aliphatic heterocycles. The molecule has 0 radical (unpaired) electrons. The summed E-state index contributed by atoms with van der Waals surface area (Å²) in [4.78, 5) is 32.7. The Kier molecular flexibility index (Phi) is 6.54. The molecule has 2 atom stereocenters. The van der Waals surface area contributed by atoms with Gasteiger partial charge in [-0.1, -0.05) is 48.5 Å². The van der Waals surface area contributed by atoms with Crippen LogP contribution < -0.4 is 10.6 Å². The number of nitrogens with one attached hydrogen (secondary N) is 4. The minimum atomic E-state index is -0.784. The molecule has 0 bridgehead atoms. The largest absolute Gasteiger partial charge is 0.361 e. The molecule has 5 aromatic rings. The minimum Gasteiger partial charge on any atom is -0.361 e. The van der Waals surface area contributed by atoms with Gasteiger partial charge in [-0.25, -0.2) is 4.39 Å². The first-order valence-electron chi connectivity index (χ1n) is 11.9. The van der Waals surface area contributed by atoms with Crippen LogP contribution in [0.5, 0.6) is 0 Å². The molecule has 2 unspecified atom stereocenters. The molecule has 0 aliphatic rings. The number of halogens is 1. The Bertz CT molecular complexity index is 1520. The number of para-hydroxylation sites is 1. The Morgan fingerprint density at radius 3 is 2.50 bits per heavy atom. The van der Waals surface area contributed by atoms with Crippen molar-refractivity contribution < 1.29 is 14.0 Å². The fourth-order valence-electron chi connectivity index (χ4n) is 4.55. The molecular weight excluding hydrogens is 455 g/mol. The van der Waals surface area contributed by atoms with Gasteiger partial charge in [0, 0.05) is 40.5 Å². The molecule has 182 valence electrons. The van der Waals surface area contributed by atoms with Crippen LogP contribution in [0.25, 0.3) is 21.8 Å². The van der Waals surface area contributed by atoms with Gasteiger partial charge in [-0.15, -0.1) is 0 Å². The zero-order chi connectivity index (χ0) is 25.1. The van der Waals surface area contributed by atoms with E-state index in [1.165, 1.54) is 12.1 Å². The lowest BCUT2D eigenvalue weighted by Gasteiger charge is -2.21. The molecule has 36 heavy (non-hydrogen) atoms. The van der Waals surface area contributed by atoms with Gasteiger partial charge in [0.1, 0.15) is 17.6 Å². The summed E-state index contributed by atoms with van der Waals surface area (Å²) in [6.45, 7) is 1.95. The second-order valence-electron chi connectivity index (χ2n) is 9.10. The van der Waals surface area contributed by atoms with Crippen molar-refractivity contribution in [2.45, 2.75) is 31.8 Å². The number of H-pyrrole nitrogens is 2. The molecule has 2 aromatic heterocycles. The average Bonchev–Trinajstić information content (AvgIpc) is 3.48. The first-order valence-corrected chi connectivity index (χ1v) is 11.9. The van der Waals surface area contributed by atoms with Gasteiger partial charge in [0.15, 0.2) is 0 Å². The maximum Gasteiger partial charge on any atom is 0.268 e. The number of rotatable bonds is 8. The number of fused-ring (bicyclic) bond motifs is 2. The Balaban J connectivity index is 1.32. The van der Waals surface area contributed by atoms with Crippen molar-refractivity contribution in [2.24, 2.45) is 0 Å². The number of carbonyl (C=O) groups is 2. The van der Waals surface area contributed by atoms with Crippen molar-refractivity contribution in [2.75, 3.05) is 0 Å². The number of hydrogen-bond acceptors (Lipinski definition) is 2. The molecular formula is C29H27FN4O2. The molecule has 3 aromatic carbocycles.